The fourth-order valence-electron chi connectivity index (χ4n) is 2.91. The number of anilines is 2. The molecule has 2 unspecified atom stereocenters. The molecule has 1 saturated carbocycles. The van der Waals surface area contributed by atoms with Gasteiger partial charge in [-0.15, -0.1) is 0 Å². The van der Waals surface area contributed by atoms with Crippen molar-refractivity contribution in [1.29, 1.82) is 0 Å². The van der Waals surface area contributed by atoms with Crippen LogP contribution >= 0.6 is 22.6 Å². The van der Waals surface area contributed by atoms with Crippen molar-refractivity contribution in [3.8, 4) is 0 Å². The Morgan fingerprint density at radius 1 is 1.39 bits per heavy atom. The third kappa shape index (κ3) is 4.04. The monoisotopic (exact) mass is 358 g/mol. The third-order valence-electron chi connectivity index (χ3n) is 3.91. The molecule has 0 heterocycles. The summed E-state index contributed by atoms with van der Waals surface area (Å²) in [4.78, 5) is 0. The van der Waals surface area contributed by atoms with Crippen LogP contribution in [0.2, 0.25) is 0 Å². The fourth-order valence-corrected chi connectivity index (χ4v) is 3.64. The molecular formula is C15H23IN2. The molecule has 0 radical (unpaired) electrons. The second kappa shape index (κ2) is 6.64. The molecule has 18 heavy (non-hydrogen) atoms. The maximum atomic E-state index is 5.76. The predicted octanol–water partition coefficient (Wildman–Crippen LogP) is 4.50. The second-order valence-corrected chi connectivity index (χ2v) is 6.75. The van der Waals surface area contributed by atoms with Gasteiger partial charge < -0.3 is 11.1 Å². The number of nitrogens with two attached hydrogens (primary N) is 1. The summed E-state index contributed by atoms with van der Waals surface area (Å²) in [7, 11) is 0. The molecule has 1 aromatic rings. The Labute approximate surface area is 124 Å². The summed E-state index contributed by atoms with van der Waals surface area (Å²) in [5.41, 5.74) is 7.81. The highest BCUT2D eigenvalue weighted by Crippen LogP contribution is 2.30. The van der Waals surface area contributed by atoms with Gasteiger partial charge in [0.25, 0.3) is 0 Å². The molecule has 1 aliphatic rings. The minimum Gasteiger partial charge on any atom is -0.399 e. The lowest BCUT2D eigenvalue weighted by molar-refractivity contribution is 0.274. The first kappa shape index (κ1) is 14.0. The molecule has 3 heteroatoms. The summed E-state index contributed by atoms with van der Waals surface area (Å²) in [6, 6.07) is 6.07. The van der Waals surface area contributed by atoms with Crippen LogP contribution in [-0.4, -0.2) is 6.54 Å². The van der Waals surface area contributed by atoms with Crippen LogP contribution in [0, 0.1) is 15.4 Å². The van der Waals surface area contributed by atoms with Crippen LogP contribution in [0.5, 0.6) is 0 Å². The van der Waals surface area contributed by atoms with Gasteiger partial charge in [0.15, 0.2) is 0 Å². The number of hydrogen-bond acceptors (Lipinski definition) is 2. The highest BCUT2D eigenvalue weighted by molar-refractivity contribution is 14.1. The molecule has 2 atom stereocenters. The van der Waals surface area contributed by atoms with Crippen LogP contribution in [0.3, 0.4) is 0 Å². The molecule has 2 rings (SSSR count). The molecule has 100 valence electrons. The Kier molecular flexibility index (Phi) is 5.15. The first-order valence-electron chi connectivity index (χ1n) is 6.94. The average Bonchev–Trinajstić information content (AvgIpc) is 2.32. The van der Waals surface area contributed by atoms with Crippen molar-refractivity contribution in [2.45, 2.75) is 39.0 Å². The quantitative estimate of drug-likeness (QED) is 0.614. The molecule has 0 spiro atoms. The zero-order chi connectivity index (χ0) is 13.0. The average molecular weight is 358 g/mol. The summed E-state index contributed by atoms with van der Waals surface area (Å²) in [6.07, 6.45) is 6.99. The Balaban J connectivity index is 1.77. The minimum atomic E-state index is 0.839. The molecule has 0 amide bonds. The zero-order valence-electron chi connectivity index (χ0n) is 11.1. The summed E-state index contributed by atoms with van der Waals surface area (Å²) in [5, 5.41) is 3.54. The van der Waals surface area contributed by atoms with Gasteiger partial charge in [-0.1, -0.05) is 26.2 Å². The first-order chi connectivity index (χ1) is 8.65. The van der Waals surface area contributed by atoms with Crippen LogP contribution in [0.1, 0.15) is 39.0 Å². The Hall–Kier alpha value is -0.450. The summed E-state index contributed by atoms with van der Waals surface area (Å²) in [5.74, 6) is 1.85. The predicted molar refractivity (Wildman–Crippen MR) is 87.8 cm³/mol. The Morgan fingerprint density at radius 2 is 2.22 bits per heavy atom. The number of hydrogen-bond donors (Lipinski definition) is 2. The highest BCUT2D eigenvalue weighted by atomic mass is 127. The molecule has 1 aromatic carbocycles. The van der Waals surface area contributed by atoms with Crippen molar-refractivity contribution in [2.75, 3.05) is 17.6 Å². The van der Waals surface area contributed by atoms with E-state index in [1.54, 1.807) is 0 Å². The largest absolute Gasteiger partial charge is 0.399 e. The topological polar surface area (TPSA) is 38.0 Å². The van der Waals surface area contributed by atoms with Gasteiger partial charge in [-0.25, -0.2) is 0 Å². The number of halogens is 1. The zero-order valence-corrected chi connectivity index (χ0v) is 13.2. The fraction of sp³-hybridized carbons (Fsp3) is 0.600. The van der Waals surface area contributed by atoms with Crippen molar-refractivity contribution in [3.05, 3.63) is 21.8 Å². The molecular weight excluding hydrogens is 335 g/mol. The van der Waals surface area contributed by atoms with Crippen LogP contribution in [0.4, 0.5) is 11.4 Å². The molecule has 0 saturated heterocycles. The van der Waals surface area contributed by atoms with Gasteiger partial charge in [-0.3, -0.25) is 0 Å². The smallest absolute Gasteiger partial charge is 0.0477 e. The van der Waals surface area contributed by atoms with Crippen LogP contribution in [0.15, 0.2) is 18.2 Å². The minimum absolute atomic E-state index is 0.839. The van der Waals surface area contributed by atoms with E-state index in [1.165, 1.54) is 41.4 Å². The van der Waals surface area contributed by atoms with Gasteiger partial charge in [-0.2, -0.15) is 0 Å². The van der Waals surface area contributed by atoms with Crippen molar-refractivity contribution in [2.24, 2.45) is 11.8 Å². The van der Waals surface area contributed by atoms with Gasteiger partial charge >= 0.3 is 0 Å². The molecule has 0 aliphatic heterocycles. The van der Waals surface area contributed by atoms with Crippen LogP contribution < -0.4 is 11.1 Å². The van der Waals surface area contributed by atoms with Gasteiger partial charge in [-0.05, 0) is 65.5 Å². The standard InChI is InChI=1S/C15H23IN2/c1-11-3-2-4-12(9-11)7-8-18-15-6-5-13(17)10-14(15)16/h5-6,10-12,18H,2-4,7-9,17H2,1H3. The summed E-state index contributed by atoms with van der Waals surface area (Å²) < 4.78 is 1.21. The lowest BCUT2D eigenvalue weighted by Crippen LogP contribution is -2.16. The van der Waals surface area contributed by atoms with E-state index in [0.29, 0.717) is 0 Å². The normalized spacial score (nSPS) is 23.9. The Bertz CT molecular complexity index is 392. The van der Waals surface area contributed by atoms with E-state index < -0.39 is 0 Å². The third-order valence-corrected chi connectivity index (χ3v) is 4.80. The SMILES string of the molecule is CC1CCCC(CCNc2ccc(N)cc2I)C1. The molecule has 0 aromatic heterocycles. The number of nitrogen functional groups attached to an aromatic ring is 1. The maximum Gasteiger partial charge on any atom is 0.0477 e. The van der Waals surface area contributed by atoms with Gasteiger partial charge in [0, 0.05) is 21.5 Å². The van der Waals surface area contributed by atoms with Gasteiger partial charge in [0.2, 0.25) is 0 Å². The van der Waals surface area contributed by atoms with Crippen molar-refractivity contribution < 1.29 is 0 Å². The van der Waals surface area contributed by atoms with E-state index in [1.807, 2.05) is 12.1 Å². The van der Waals surface area contributed by atoms with Crippen molar-refractivity contribution in [1.82, 2.24) is 0 Å². The molecule has 1 fully saturated rings. The molecule has 3 N–H and O–H groups in total. The van der Waals surface area contributed by atoms with Gasteiger partial charge in [0.05, 0.1) is 0 Å². The van der Waals surface area contributed by atoms with E-state index in [4.69, 9.17) is 5.73 Å². The van der Waals surface area contributed by atoms with E-state index in [-0.39, 0.29) is 0 Å². The first-order valence-corrected chi connectivity index (χ1v) is 8.02. The van der Waals surface area contributed by atoms with Crippen LogP contribution in [-0.2, 0) is 0 Å². The Morgan fingerprint density at radius 3 is 2.94 bits per heavy atom. The highest BCUT2D eigenvalue weighted by Gasteiger charge is 2.18. The lowest BCUT2D eigenvalue weighted by Gasteiger charge is -2.26. The maximum absolute atomic E-state index is 5.76. The molecule has 2 nitrogen and oxygen atoms in total. The molecule has 0 bridgehead atoms. The number of benzene rings is 1. The summed E-state index contributed by atoms with van der Waals surface area (Å²) in [6.45, 7) is 3.47. The number of nitrogens with one attached hydrogen (secondary N) is 1. The van der Waals surface area contributed by atoms with E-state index in [0.717, 1.165) is 24.1 Å². The molecule has 1 aliphatic carbocycles. The van der Waals surface area contributed by atoms with E-state index in [2.05, 4.69) is 40.9 Å². The van der Waals surface area contributed by atoms with Crippen molar-refractivity contribution in [3.63, 3.8) is 0 Å². The summed E-state index contributed by atoms with van der Waals surface area (Å²) >= 11 is 2.34. The lowest BCUT2D eigenvalue weighted by atomic mass is 9.81. The van der Waals surface area contributed by atoms with Crippen molar-refractivity contribution >= 4 is 34.0 Å². The second-order valence-electron chi connectivity index (χ2n) is 5.59. The van der Waals surface area contributed by atoms with Crippen LogP contribution in [0.25, 0.3) is 0 Å². The number of rotatable bonds is 4. The van der Waals surface area contributed by atoms with E-state index in [9.17, 15) is 0 Å². The van der Waals surface area contributed by atoms with Gasteiger partial charge in [0.1, 0.15) is 0 Å². The van der Waals surface area contributed by atoms with E-state index >= 15 is 0 Å².